The molecule has 2 heterocycles. The number of hydrogen-bond acceptors (Lipinski definition) is 4. The lowest BCUT2D eigenvalue weighted by Crippen LogP contribution is -2.56. The first-order valence-corrected chi connectivity index (χ1v) is 7.66. The number of carbonyl (C=O) groups excluding carboxylic acids is 1. The van der Waals surface area contributed by atoms with E-state index in [1.807, 2.05) is 5.38 Å². The Hall–Kier alpha value is -1.66. The molecule has 2 aromatic rings. The van der Waals surface area contributed by atoms with Crippen LogP contribution in [-0.4, -0.2) is 35.0 Å². The monoisotopic (exact) mass is 326 g/mol. The molecule has 0 spiro atoms. The molecule has 4 nitrogen and oxygen atoms in total. The van der Waals surface area contributed by atoms with Gasteiger partial charge in [-0.05, 0) is 12.1 Å². The van der Waals surface area contributed by atoms with E-state index in [-0.39, 0.29) is 29.0 Å². The van der Waals surface area contributed by atoms with Gasteiger partial charge in [0.15, 0.2) is 0 Å². The molecule has 0 bridgehead atoms. The SMILES string of the molecule is O=C(Cc1c(F)cccc1Cl)N1CC(Oc2nccs2)C1. The third-order valence-electron chi connectivity index (χ3n) is 3.27. The summed E-state index contributed by atoms with van der Waals surface area (Å²) in [6.07, 6.45) is 1.59. The van der Waals surface area contributed by atoms with Crippen LogP contribution < -0.4 is 4.74 Å². The van der Waals surface area contributed by atoms with Crippen LogP contribution in [0.5, 0.6) is 5.19 Å². The molecule has 0 N–H and O–H groups in total. The molecule has 1 saturated heterocycles. The van der Waals surface area contributed by atoms with Crippen molar-refractivity contribution in [2.75, 3.05) is 13.1 Å². The van der Waals surface area contributed by atoms with E-state index >= 15 is 0 Å². The van der Waals surface area contributed by atoms with Gasteiger partial charge in [-0.1, -0.05) is 29.0 Å². The maximum absolute atomic E-state index is 13.6. The maximum atomic E-state index is 13.6. The summed E-state index contributed by atoms with van der Waals surface area (Å²) >= 11 is 7.33. The second kappa shape index (κ2) is 5.99. The number of nitrogens with zero attached hydrogens (tertiary/aromatic N) is 2. The molecule has 1 aliphatic heterocycles. The summed E-state index contributed by atoms with van der Waals surface area (Å²) in [7, 11) is 0. The Labute approximate surface area is 130 Å². The number of rotatable bonds is 4. The Morgan fingerprint density at radius 3 is 3.00 bits per heavy atom. The molecule has 1 fully saturated rings. The van der Waals surface area contributed by atoms with Crippen molar-refractivity contribution in [2.24, 2.45) is 0 Å². The van der Waals surface area contributed by atoms with E-state index in [1.54, 1.807) is 17.2 Å². The van der Waals surface area contributed by atoms with Gasteiger partial charge in [0.2, 0.25) is 5.91 Å². The molecule has 7 heteroatoms. The number of carbonyl (C=O) groups is 1. The minimum Gasteiger partial charge on any atom is -0.463 e. The molecule has 0 aliphatic carbocycles. The molecule has 0 atom stereocenters. The normalized spacial score (nSPS) is 14.9. The van der Waals surface area contributed by atoms with Gasteiger partial charge in [-0.15, -0.1) is 0 Å². The van der Waals surface area contributed by atoms with Crippen LogP contribution in [0.1, 0.15) is 5.56 Å². The van der Waals surface area contributed by atoms with E-state index in [1.165, 1.54) is 23.5 Å². The third kappa shape index (κ3) is 3.16. The Morgan fingerprint density at radius 1 is 1.52 bits per heavy atom. The molecule has 1 aromatic carbocycles. The van der Waals surface area contributed by atoms with Crippen molar-refractivity contribution in [3.63, 3.8) is 0 Å². The topological polar surface area (TPSA) is 42.4 Å². The van der Waals surface area contributed by atoms with Gasteiger partial charge in [0.25, 0.3) is 5.19 Å². The van der Waals surface area contributed by atoms with E-state index in [9.17, 15) is 9.18 Å². The molecular formula is C14H12ClFN2O2S. The number of benzene rings is 1. The van der Waals surface area contributed by atoms with Crippen molar-refractivity contribution in [2.45, 2.75) is 12.5 Å². The zero-order chi connectivity index (χ0) is 14.8. The fourth-order valence-corrected chi connectivity index (χ4v) is 2.87. The fraction of sp³-hybridized carbons (Fsp3) is 0.286. The van der Waals surface area contributed by atoms with Crippen molar-refractivity contribution in [3.8, 4) is 5.19 Å². The Balaban J connectivity index is 1.54. The molecule has 0 saturated carbocycles. The number of amides is 1. The van der Waals surface area contributed by atoms with E-state index in [0.717, 1.165) is 0 Å². The lowest BCUT2D eigenvalue weighted by Gasteiger charge is -2.38. The van der Waals surface area contributed by atoms with E-state index in [4.69, 9.17) is 16.3 Å². The summed E-state index contributed by atoms with van der Waals surface area (Å²) < 4.78 is 19.2. The summed E-state index contributed by atoms with van der Waals surface area (Å²) in [4.78, 5) is 17.7. The highest BCUT2D eigenvalue weighted by Gasteiger charge is 2.33. The zero-order valence-electron chi connectivity index (χ0n) is 11.0. The molecule has 0 radical (unpaired) electrons. The van der Waals surface area contributed by atoms with Gasteiger partial charge in [-0.25, -0.2) is 9.37 Å². The molecule has 0 unspecified atom stereocenters. The highest BCUT2D eigenvalue weighted by Crippen LogP contribution is 2.23. The minimum absolute atomic E-state index is 0.0323. The van der Waals surface area contributed by atoms with E-state index in [2.05, 4.69) is 4.98 Å². The number of ether oxygens (including phenoxy) is 1. The van der Waals surface area contributed by atoms with Gasteiger partial charge in [-0.2, -0.15) is 0 Å². The largest absolute Gasteiger partial charge is 0.463 e. The van der Waals surface area contributed by atoms with Crippen LogP contribution in [0, 0.1) is 5.82 Å². The van der Waals surface area contributed by atoms with Gasteiger partial charge in [0, 0.05) is 22.2 Å². The Bertz CT molecular complexity index is 624. The Morgan fingerprint density at radius 2 is 2.33 bits per heavy atom. The number of aromatic nitrogens is 1. The third-order valence-corrected chi connectivity index (χ3v) is 4.28. The standard InChI is InChI=1S/C14H12ClFN2O2S/c15-11-2-1-3-12(16)10(11)6-13(19)18-7-9(8-18)20-14-17-4-5-21-14/h1-5,9H,6-8H2. The van der Waals surface area contributed by atoms with Gasteiger partial charge < -0.3 is 9.64 Å². The average molecular weight is 327 g/mol. The van der Waals surface area contributed by atoms with Crippen LogP contribution in [0.25, 0.3) is 0 Å². The van der Waals surface area contributed by atoms with Crippen molar-refractivity contribution in [3.05, 3.63) is 46.2 Å². The van der Waals surface area contributed by atoms with Gasteiger partial charge in [0.1, 0.15) is 11.9 Å². The van der Waals surface area contributed by atoms with Crippen molar-refractivity contribution in [1.82, 2.24) is 9.88 Å². The quantitative estimate of drug-likeness (QED) is 0.867. The highest BCUT2D eigenvalue weighted by molar-refractivity contribution is 7.11. The molecule has 21 heavy (non-hydrogen) atoms. The predicted octanol–water partition coefficient (Wildman–Crippen LogP) is 2.77. The molecule has 3 rings (SSSR count). The average Bonchev–Trinajstić information content (AvgIpc) is 2.90. The van der Waals surface area contributed by atoms with Gasteiger partial charge >= 0.3 is 0 Å². The summed E-state index contributed by atoms with van der Waals surface area (Å²) in [5, 5.41) is 2.71. The van der Waals surface area contributed by atoms with Crippen LogP contribution in [0.3, 0.4) is 0 Å². The number of likely N-dealkylation sites (tertiary alicyclic amines) is 1. The summed E-state index contributed by atoms with van der Waals surface area (Å²) in [5.41, 5.74) is 0.244. The van der Waals surface area contributed by atoms with Crippen LogP contribution in [0.15, 0.2) is 29.8 Å². The van der Waals surface area contributed by atoms with Gasteiger partial charge in [-0.3, -0.25) is 4.79 Å². The highest BCUT2D eigenvalue weighted by atomic mass is 35.5. The first-order chi connectivity index (χ1) is 10.1. The lowest BCUT2D eigenvalue weighted by atomic mass is 10.1. The zero-order valence-corrected chi connectivity index (χ0v) is 12.5. The van der Waals surface area contributed by atoms with Crippen molar-refractivity contribution < 1.29 is 13.9 Å². The predicted molar refractivity (Wildman–Crippen MR) is 78.2 cm³/mol. The Kier molecular flexibility index (Phi) is 4.07. The maximum Gasteiger partial charge on any atom is 0.273 e. The van der Waals surface area contributed by atoms with Crippen molar-refractivity contribution in [1.29, 1.82) is 0 Å². The van der Waals surface area contributed by atoms with Crippen LogP contribution >= 0.6 is 22.9 Å². The second-order valence-electron chi connectivity index (χ2n) is 4.71. The van der Waals surface area contributed by atoms with E-state index < -0.39 is 5.82 Å². The molecule has 110 valence electrons. The van der Waals surface area contributed by atoms with Crippen LogP contribution in [0.2, 0.25) is 5.02 Å². The van der Waals surface area contributed by atoms with Gasteiger partial charge in [0.05, 0.1) is 19.5 Å². The summed E-state index contributed by atoms with van der Waals surface area (Å²) in [6.45, 7) is 0.981. The fourth-order valence-electron chi connectivity index (χ4n) is 2.09. The number of halogens is 2. The number of hydrogen-bond donors (Lipinski definition) is 0. The molecular weight excluding hydrogens is 315 g/mol. The summed E-state index contributed by atoms with van der Waals surface area (Å²) in [6, 6.07) is 4.41. The summed E-state index contributed by atoms with van der Waals surface area (Å²) in [5.74, 6) is -0.604. The lowest BCUT2D eigenvalue weighted by molar-refractivity contribution is -0.139. The first kappa shape index (κ1) is 14.3. The molecule has 1 amide bonds. The first-order valence-electron chi connectivity index (χ1n) is 6.40. The van der Waals surface area contributed by atoms with Crippen LogP contribution in [-0.2, 0) is 11.2 Å². The molecule has 1 aliphatic rings. The van der Waals surface area contributed by atoms with Crippen LogP contribution in [0.4, 0.5) is 4.39 Å². The second-order valence-corrected chi connectivity index (χ2v) is 5.98. The number of thiazole rings is 1. The van der Waals surface area contributed by atoms with E-state index in [0.29, 0.717) is 18.3 Å². The smallest absolute Gasteiger partial charge is 0.273 e. The minimum atomic E-state index is -0.452. The molecule has 1 aromatic heterocycles. The van der Waals surface area contributed by atoms with Crippen molar-refractivity contribution >= 4 is 28.8 Å².